The summed E-state index contributed by atoms with van der Waals surface area (Å²) in [5.74, 6) is 0.0175. The van der Waals surface area contributed by atoms with Crippen LogP contribution in [0.2, 0.25) is 0 Å². The van der Waals surface area contributed by atoms with Crippen LogP contribution in [-0.4, -0.2) is 67.9 Å². The van der Waals surface area contributed by atoms with Crippen LogP contribution in [-0.2, 0) is 4.79 Å². The van der Waals surface area contributed by atoms with Crippen molar-refractivity contribution < 1.29 is 18.7 Å². The lowest BCUT2D eigenvalue weighted by Gasteiger charge is -2.33. The number of amides is 1. The lowest BCUT2D eigenvalue weighted by atomic mass is 10.1. The molecule has 0 aromatic heterocycles. The van der Waals surface area contributed by atoms with Crippen LogP contribution >= 0.6 is 0 Å². The maximum Gasteiger partial charge on any atom is 0.238 e. The summed E-state index contributed by atoms with van der Waals surface area (Å²) >= 11 is 0. The molecule has 1 saturated heterocycles. The summed E-state index contributed by atoms with van der Waals surface area (Å²) < 4.78 is 18.8. The number of carbonyl (C=O) groups is 2. The number of hydrogen-bond donors (Lipinski definition) is 1. The van der Waals surface area contributed by atoms with Crippen molar-refractivity contribution in [2.75, 3.05) is 51.7 Å². The maximum atomic E-state index is 13.6. The van der Waals surface area contributed by atoms with Crippen molar-refractivity contribution in [3.8, 4) is 5.75 Å². The molecule has 1 aliphatic heterocycles. The number of methoxy groups -OCH3 is 1. The number of rotatable bonds is 7. The predicted octanol–water partition coefficient (Wildman–Crippen LogP) is 2.27. The van der Waals surface area contributed by atoms with Gasteiger partial charge in [0.25, 0.3) is 0 Å². The highest BCUT2D eigenvalue weighted by Crippen LogP contribution is 2.15. The first-order valence-corrected chi connectivity index (χ1v) is 9.21. The predicted molar refractivity (Wildman–Crippen MR) is 105 cm³/mol. The van der Waals surface area contributed by atoms with E-state index in [9.17, 15) is 14.0 Å². The highest BCUT2D eigenvalue weighted by Gasteiger charge is 2.21. The number of anilines is 1. The number of piperazine rings is 1. The van der Waals surface area contributed by atoms with E-state index in [4.69, 9.17) is 4.74 Å². The van der Waals surface area contributed by atoms with E-state index in [-0.39, 0.29) is 23.9 Å². The summed E-state index contributed by atoms with van der Waals surface area (Å²) in [6, 6.07) is 13.2. The van der Waals surface area contributed by atoms with Crippen molar-refractivity contribution in [1.82, 2.24) is 9.80 Å². The number of ether oxygens (including phenoxy) is 1. The molecule has 1 heterocycles. The van der Waals surface area contributed by atoms with Gasteiger partial charge in [-0.2, -0.15) is 0 Å². The van der Waals surface area contributed by atoms with Crippen molar-refractivity contribution in [3.63, 3.8) is 0 Å². The molecule has 1 amide bonds. The zero-order valence-corrected chi connectivity index (χ0v) is 15.9. The molecule has 0 unspecified atom stereocenters. The van der Waals surface area contributed by atoms with Gasteiger partial charge in [0, 0.05) is 31.7 Å². The molecular weight excluding hydrogens is 361 g/mol. The molecule has 148 valence electrons. The second-order valence-corrected chi connectivity index (χ2v) is 6.74. The van der Waals surface area contributed by atoms with E-state index >= 15 is 0 Å². The van der Waals surface area contributed by atoms with Crippen LogP contribution in [0.4, 0.5) is 10.1 Å². The normalized spacial score (nSPS) is 15.2. The molecule has 0 radical (unpaired) electrons. The summed E-state index contributed by atoms with van der Waals surface area (Å²) in [4.78, 5) is 28.7. The quantitative estimate of drug-likeness (QED) is 0.741. The number of hydrogen-bond acceptors (Lipinski definition) is 5. The average molecular weight is 385 g/mol. The molecule has 3 rings (SSSR count). The van der Waals surface area contributed by atoms with Gasteiger partial charge in [-0.15, -0.1) is 0 Å². The number of Topliss-reactive ketones (excluding diaryl/α,β-unsaturated/α-hetero) is 1. The molecule has 2 aromatic rings. The van der Waals surface area contributed by atoms with Crippen LogP contribution in [0.1, 0.15) is 10.4 Å². The third-order valence-corrected chi connectivity index (χ3v) is 4.74. The molecule has 1 aliphatic rings. The number of nitrogens with one attached hydrogen (secondary N) is 1. The Hall–Kier alpha value is -2.77. The zero-order valence-electron chi connectivity index (χ0n) is 15.9. The minimum absolute atomic E-state index is 0.0460. The Labute approximate surface area is 163 Å². The maximum absolute atomic E-state index is 13.6. The van der Waals surface area contributed by atoms with Crippen LogP contribution in [0, 0.1) is 5.82 Å². The number of nitrogens with zero attached hydrogens (tertiary/aromatic N) is 2. The molecule has 0 saturated carbocycles. The Balaban J connectivity index is 1.44. The molecule has 1 fully saturated rings. The molecule has 0 spiro atoms. The fourth-order valence-electron chi connectivity index (χ4n) is 3.15. The molecule has 0 atom stereocenters. The highest BCUT2D eigenvalue weighted by molar-refractivity contribution is 5.98. The zero-order chi connectivity index (χ0) is 19.9. The number of para-hydroxylation sites is 1. The van der Waals surface area contributed by atoms with Gasteiger partial charge in [-0.3, -0.25) is 19.4 Å². The lowest BCUT2D eigenvalue weighted by molar-refractivity contribution is -0.117. The number of halogens is 1. The smallest absolute Gasteiger partial charge is 0.238 e. The summed E-state index contributed by atoms with van der Waals surface area (Å²) in [5, 5.41) is 2.60. The largest absolute Gasteiger partial charge is 0.497 e. The van der Waals surface area contributed by atoms with E-state index in [0.717, 1.165) is 0 Å². The van der Waals surface area contributed by atoms with Crippen LogP contribution in [0.25, 0.3) is 0 Å². The fraction of sp³-hybridized carbons (Fsp3) is 0.333. The van der Waals surface area contributed by atoms with Gasteiger partial charge in [-0.1, -0.05) is 24.3 Å². The molecule has 0 bridgehead atoms. The van der Waals surface area contributed by atoms with Gasteiger partial charge in [-0.05, 0) is 24.3 Å². The Morgan fingerprint density at radius 1 is 1.00 bits per heavy atom. The second-order valence-electron chi connectivity index (χ2n) is 6.74. The SMILES string of the molecule is COc1cccc(C(=O)CN2CCN(CC(=O)Nc3ccccc3F)CC2)c1. The Morgan fingerprint density at radius 2 is 1.68 bits per heavy atom. The first-order valence-electron chi connectivity index (χ1n) is 9.21. The van der Waals surface area contributed by atoms with E-state index in [2.05, 4.69) is 10.2 Å². The van der Waals surface area contributed by atoms with Crippen LogP contribution in [0.15, 0.2) is 48.5 Å². The molecule has 2 aromatic carbocycles. The lowest BCUT2D eigenvalue weighted by Crippen LogP contribution is -2.49. The van der Waals surface area contributed by atoms with E-state index in [1.54, 1.807) is 37.4 Å². The van der Waals surface area contributed by atoms with Crippen LogP contribution in [0.5, 0.6) is 5.75 Å². The van der Waals surface area contributed by atoms with Crippen molar-refractivity contribution in [1.29, 1.82) is 0 Å². The number of benzene rings is 2. The summed E-state index contributed by atoms with van der Waals surface area (Å²) in [5.41, 5.74) is 0.820. The highest BCUT2D eigenvalue weighted by atomic mass is 19.1. The minimum atomic E-state index is -0.447. The van der Waals surface area contributed by atoms with Crippen molar-refractivity contribution in [2.24, 2.45) is 0 Å². The van der Waals surface area contributed by atoms with E-state index in [1.165, 1.54) is 12.1 Å². The standard InChI is InChI=1S/C21H24FN3O3/c1-28-17-6-4-5-16(13-17)20(26)14-24-9-11-25(12-10-24)15-21(27)23-19-8-3-2-7-18(19)22/h2-8,13H,9-12,14-15H2,1H3,(H,23,27). The molecule has 6 nitrogen and oxygen atoms in total. The van der Waals surface area contributed by atoms with Gasteiger partial charge < -0.3 is 10.1 Å². The molecule has 7 heteroatoms. The molecular formula is C21H24FN3O3. The Bertz CT molecular complexity index is 835. The van der Waals surface area contributed by atoms with Gasteiger partial charge in [0.05, 0.1) is 25.9 Å². The number of carbonyl (C=O) groups excluding carboxylic acids is 2. The van der Waals surface area contributed by atoms with Crippen molar-refractivity contribution >= 4 is 17.4 Å². The number of ketones is 1. The first kappa shape index (κ1) is 20.0. The van der Waals surface area contributed by atoms with Crippen LogP contribution in [0.3, 0.4) is 0 Å². The monoisotopic (exact) mass is 385 g/mol. The van der Waals surface area contributed by atoms with Gasteiger partial charge in [0.1, 0.15) is 11.6 Å². The van der Waals surface area contributed by atoms with Crippen LogP contribution < -0.4 is 10.1 Å². The van der Waals surface area contributed by atoms with Gasteiger partial charge in [0.15, 0.2) is 5.78 Å². The van der Waals surface area contributed by atoms with E-state index < -0.39 is 5.82 Å². The van der Waals surface area contributed by atoms with Crippen molar-refractivity contribution in [2.45, 2.75) is 0 Å². The second kappa shape index (κ2) is 9.43. The van der Waals surface area contributed by atoms with Gasteiger partial charge >= 0.3 is 0 Å². The third-order valence-electron chi connectivity index (χ3n) is 4.74. The van der Waals surface area contributed by atoms with E-state index in [0.29, 0.717) is 44.0 Å². The molecule has 0 aliphatic carbocycles. The summed E-state index contributed by atoms with van der Waals surface area (Å²) in [6.45, 7) is 3.28. The minimum Gasteiger partial charge on any atom is -0.497 e. The molecule has 1 N–H and O–H groups in total. The van der Waals surface area contributed by atoms with Gasteiger partial charge in [-0.25, -0.2) is 4.39 Å². The fourth-order valence-corrected chi connectivity index (χ4v) is 3.15. The Kier molecular flexibility index (Phi) is 6.73. The third kappa shape index (κ3) is 5.37. The van der Waals surface area contributed by atoms with Gasteiger partial charge in [0.2, 0.25) is 5.91 Å². The topological polar surface area (TPSA) is 61.9 Å². The summed E-state index contributed by atoms with van der Waals surface area (Å²) in [6.07, 6.45) is 0. The molecule has 28 heavy (non-hydrogen) atoms. The Morgan fingerprint density at radius 3 is 2.36 bits per heavy atom. The summed E-state index contributed by atoms with van der Waals surface area (Å²) in [7, 11) is 1.57. The van der Waals surface area contributed by atoms with Crippen molar-refractivity contribution in [3.05, 3.63) is 59.9 Å². The van der Waals surface area contributed by atoms with E-state index in [1.807, 2.05) is 11.0 Å². The average Bonchev–Trinajstić information content (AvgIpc) is 2.71. The first-order chi connectivity index (χ1) is 13.5.